The average molecular weight is 456 g/mol. The van der Waals surface area contributed by atoms with Gasteiger partial charge in [0, 0.05) is 11.4 Å². The molecule has 0 spiro atoms. The van der Waals surface area contributed by atoms with E-state index in [1.807, 2.05) is 39.8 Å². The van der Waals surface area contributed by atoms with Crippen LogP contribution in [0.4, 0.5) is 10.5 Å². The number of para-hydroxylation sites is 1. The zero-order valence-electron chi connectivity index (χ0n) is 20.4. The summed E-state index contributed by atoms with van der Waals surface area (Å²) in [5.41, 5.74) is 8.34. The minimum absolute atomic E-state index is 0.0683. The Labute approximate surface area is 199 Å². The maximum absolute atomic E-state index is 13.4. The van der Waals surface area contributed by atoms with Gasteiger partial charge in [0.15, 0.2) is 0 Å². The summed E-state index contributed by atoms with van der Waals surface area (Å²) in [6.45, 7) is 12.0. The Kier molecular flexibility index (Phi) is 6.00. The first kappa shape index (κ1) is 23.2. The number of anilines is 1. The molecule has 1 aromatic heterocycles. The molecule has 0 bridgehead atoms. The minimum Gasteiger partial charge on any atom is -0.317 e. The van der Waals surface area contributed by atoms with Crippen LogP contribution in [0.15, 0.2) is 48.0 Å². The third-order valence-electron chi connectivity index (χ3n) is 6.61. The summed E-state index contributed by atoms with van der Waals surface area (Å²) >= 11 is 0. The maximum atomic E-state index is 13.4. The van der Waals surface area contributed by atoms with Crippen LogP contribution in [0.25, 0.3) is 11.8 Å². The molecule has 0 saturated carbocycles. The highest BCUT2D eigenvalue weighted by Crippen LogP contribution is 2.30. The number of benzene rings is 2. The molecule has 6 heteroatoms. The van der Waals surface area contributed by atoms with Crippen molar-refractivity contribution in [1.29, 1.82) is 0 Å². The lowest BCUT2D eigenvalue weighted by Gasteiger charge is -2.28. The van der Waals surface area contributed by atoms with Crippen LogP contribution in [0.3, 0.4) is 0 Å². The molecule has 2 heterocycles. The second kappa shape index (κ2) is 8.78. The normalized spacial score (nSPS) is 15.3. The van der Waals surface area contributed by atoms with E-state index in [0.717, 1.165) is 50.6 Å². The van der Waals surface area contributed by atoms with E-state index in [1.165, 1.54) is 5.56 Å². The van der Waals surface area contributed by atoms with Crippen molar-refractivity contribution >= 4 is 29.6 Å². The van der Waals surface area contributed by atoms with E-state index < -0.39 is 17.8 Å². The number of urea groups is 1. The molecule has 174 valence electrons. The topological polar surface area (TPSA) is 71.4 Å². The summed E-state index contributed by atoms with van der Waals surface area (Å²) in [6.07, 6.45) is 2.48. The van der Waals surface area contributed by atoms with E-state index in [1.54, 1.807) is 18.2 Å². The standard InChI is InChI=1S/C28H29N3O3/c1-7-21-12-8-11-17(3)25(21)30-18(4)14-22(20(30)6)15-23-26(32)29-28(34)31(27(23)33)24-13-9-10-16(2)19(24)5/h8-15H,7H2,1-6H3,(H,29,32,34)/b23-15+. The van der Waals surface area contributed by atoms with Crippen molar-refractivity contribution in [3.05, 3.63) is 87.2 Å². The number of carbonyl (C=O) groups excluding carboxylic acids is 3. The molecule has 34 heavy (non-hydrogen) atoms. The molecule has 0 aliphatic carbocycles. The molecule has 6 nitrogen and oxygen atoms in total. The number of carbonyl (C=O) groups is 3. The molecule has 0 radical (unpaired) electrons. The van der Waals surface area contributed by atoms with Crippen LogP contribution in [-0.4, -0.2) is 22.4 Å². The van der Waals surface area contributed by atoms with E-state index in [0.29, 0.717) is 5.69 Å². The number of imide groups is 2. The number of nitrogens with one attached hydrogen (secondary N) is 1. The van der Waals surface area contributed by atoms with Gasteiger partial charge in [0.2, 0.25) is 0 Å². The van der Waals surface area contributed by atoms with Crippen molar-refractivity contribution in [3.8, 4) is 5.69 Å². The molecular formula is C28H29N3O3. The second-order valence-corrected chi connectivity index (χ2v) is 8.77. The minimum atomic E-state index is -0.737. The van der Waals surface area contributed by atoms with E-state index in [9.17, 15) is 14.4 Å². The van der Waals surface area contributed by atoms with Crippen molar-refractivity contribution in [3.63, 3.8) is 0 Å². The number of nitrogens with zero attached hydrogens (tertiary/aromatic N) is 2. The predicted octanol–water partition coefficient (Wildman–Crippen LogP) is 5.25. The Morgan fingerprint density at radius 3 is 2.29 bits per heavy atom. The number of hydrogen-bond donors (Lipinski definition) is 1. The molecule has 0 unspecified atom stereocenters. The maximum Gasteiger partial charge on any atom is 0.335 e. The fourth-order valence-electron chi connectivity index (χ4n) is 4.61. The molecule has 4 amide bonds. The highest BCUT2D eigenvalue weighted by molar-refractivity contribution is 6.39. The van der Waals surface area contributed by atoms with Gasteiger partial charge in [0.25, 0.3) is 11.8 Å². The lowest BCUT2D eigenvalue weighted by Crippen LogP contribution is -2.54. The Morgan fingerprint density at radius 1 is 0.912 bits per heavy atom. The summed E-state index contributed by atoms with van der Waals surface area (Å²) < 4.78 is 2.17. The fraction of sp³-hybridized carbons (Fsp3) is 0.250. The van der Waals surface area contributed by atoms with E-state index in [-0.39, 0.29) is 5.57 Å². The van der Waals surface area contributed by atoms with Gasteiger partial charge in [-0.2, -0.15) is 0 Å². The number of hydrogen-bond acceptors (Lipinski definition) is 3. The zero-order valence-corrected chi connectivity index (χ0v) is 20.4. The first-order valence-electron chi connectivity index (χ1n) is 11.4. The van der Waals surface area contributed by atoms with Crippen molar-refractivity contribution < 1.29 is 14.4 Å². The number of amides is 4. The van der Waals surface area contributed by atoms with E-state index >= 15 is 0 Å². The predicted molar refractivity (Wildman–Crippen MR) is 134 cm³/mol. The van der Waals surface area contributed by atoms with Gasteiger partial charge in [-0.25, -0.2) is 9.69 Å². The van der Waals surface area contributed by atoms with Crippen LogP contribution in [0.2, 0.25) is 0 Å². The first-order chi connectivity index (χ1) is 16.1. The molecule has 0 atom stereocenters. The molecule has 1 N–H and O–H groups in total. The first-order valence-corrected chi connectivity index (χ1v) is 11.4. The van der Waals surface area contributed by atoms with Gasteiger partial charge < -0.3 is 4.57 Å². The highest BCUT2D eigenvalue weighted by atomic mass is 16.2. The van der Waals surface area contributed by atoms with Crippen molar-refractivity contribution in [2.24, 2.45) is 0 Å². The Hall–Kier alpha value is -3.93. The largest absolute Gasteiger partial charge is 0.335 e. The lowest BCUT2D eigenvalue weighted by molar-refractivity contribution is -0.122. The van der Waals surface area contributed by atoms with Crippen molar-refractivity contribution in [2.45, 2.75) is 48.0 Å². The molecular weight excluding hydrogens is 426 g/mol. The Morgan fingerprint density at radius 2 is 1.59 bits per heavy atom. The van der Waals surface area contributed by atoms with Crippen LogP contribution in [0, 0.1) is 34.6 Å². The number of aromatic nitrogens is 1. The number of aryl methyl sites for hydroxylation is 4. The van der Waals surface area contributed by atoms with Crippen LogP contribution < -0.4 is 10.2 Å². The number of barbiturate groups is 1. The van der Waals surface area contributed by atoms with E-state index in [4.69, 9.17) is 0 Å². The Bertz CT molecular complexity index is 1380. The molecule has 1 saturated heterocycles. The van der Waals surface area contributed by atoms with Crippen LogP contribution in [0.5, 0.6) is 0 Å². The van der Waals surface area contributed by atoms with Gasteiger partial charge >= 0.3 is 6.03 Å². The quantitative estimate of drug-likeness (QED) is 0.432. The smallest absolute Gasteiger partial charge is 0.317 e. The fourth-order valence-corrected chi connectivity index (χ4v) is 4.61. The second-order valence-electron chi connectivity index (χ2n) is 8.77. The summed E-state index contributed by atoms with van der Waals surface area (Å²) in [5, 5.41) is 2.33. The van der Waals surface area contributed by atoms with Crippen molar-refractivity contribution in [1.82, 2.24) is 9.88 Å². The monoisotopic (exact) mass is 455 g/mol. The van der Waals surface area contributed by atoms with Gasteiger partial charge in [0.1, 0.15) is 5.57 Å². The van der Waals surface area contributed by atoms with E-state index in [2.05, 4.69) is 41.9 Å². The van der Waals surface area contributed by atoms with Gasteiger partial charge in [-0.1, -0.05) is 37.3 Å². The third-order valence-corrected chi connectivity index (χ3v) is 6.61. The third kappa shape index (κ3) is 3.75. The summed E-state index contributed by atoms with van der Waals surface area (Å²) in [4.78, 5) is 39.8. The molecule has 1 aliphatic heterocycles. The Balaban J connectivity index is 1.83. The van der Waals surface area contributed by atoms with Crippen LogP contribution >= 0.6 is 0 Å². The summed E-state index contributed by atoms with van der Waals surface area (Å²) in [6, 6.07) is 12.9. The highest BCUT2D eigenvalue weighted by Gasteiger charge is 2.37. The molecule has 3 aromatic rings. The SMILES string of the molecule is CCc1cccc(C)c1-n1c(C)cc(/C=C2\C(=O)NC(=O)N(c3cccc(C)c3C)C2=O)c1C. The molecule has 4 rings (SSSR count). The van der Waals surface area contributed by atoms with Gasteiger partial charge in [-0.3, -0.25) is 14.9 Å². The lowest BCUT2D eigenvalue weighted by atomic mass is 10.0. The van der Waals surface area contributed by atoms with Crippen LogP contribution in [-0.2, 0) is 16.0 Å². The number of rotatable bonds is 4. The van der Waals surface area contributed by atoms with Gasteiger partial charge in [0.05, 0.1) is 11.4 Å². The van der Waals surface area contributed by atoms with Crippen molar-refractivity contribution in [2.75, 3.05) is 4.90 Å². The van der Waals surface area contributed by atoms with Gasteiger partial charge in [-0.05, 0) is 87.1 Å². The zero-order chi connectivity index (χ0) is 24.7. The molecule has 1 fully saturated rings. The summed E-state index contributed by atoms with van der Waals surface area (Å²) in [7, 11) is 0. The average Bonchev–Trinajstić information content (AvgIpc) is 3.06. The van der Waals surface area contributed by atoms with Crippen LogP contribution in [0.1, 0.15) is 46.1 Å². The molecule has 1 aliphatic rings. The van der Waals surface area contributed by atoms with Gasteiger partial charge in [-0.15, -0.1) is 0 Å². The summed E-state index contributed by atoms with van der Waals surface area (Å²) in [5.74, 6) is -1.32. The molecule has 2 aromatic carbocycles.